The Labute approximate surface area is 104 Å². The highest BCUT2D eigenvalue weighted by Gasteiger charge is 1.98. The summed E-state index contributed by atoms with van der Waals surface area (Å²) < 4.78 is 5.51. The minimum Gasteiger partial charge on any atom is -0.458 e. The van der Waals surface area contributed by atoms with Gasteiger partial charge in [-0.25, -0.2) is 0 Å². The van der Waals surface area contributed by atoms with Crippen LogP contribution in [-0.2, 0) is 0 Å². The molecule has 0 aliphatic carbocycles. The molecule has 1 rings (SSSR count). The number of hydrogen-bond acceptors (Lipinski definition) is 2. The third kappa shape index (κ3) is 6.36. The molecule has 1 aromatic heterocycles. The number of aromatic nitrogens is 1. The van der Waals surface area contributed by atoms with Crippen molar-refractivity contribution in [3.8, 4) is 5.75 Å². The number of pyridine rings is 1. The Morgan fingerprint density at radius 2 is 1.76 bits per heavy atom. The highest BCUT2D eigenvalue weighted by molar-refractivity contribution is 5.29. The molecule has 2 heteroatoms. The van der Waals surface area contributed by atoms with Crippen molar-refractivity contribution < 1.29 is 4.74 Å². The van der Waals surface area contributed by atoms with Crippen LogP contribution < -0.4 is 4.74 Å². The Bertz CT molecular complexity index is 385. The third-order valence-electron chi connectivity index (χ3n) is 1.72. The van der Waals surface area contributed by atoms with Gasteiger partial charge in [0.2, 0.25) is 0 Å². The highest BCUT2D eigenvalue weighted by atomic mass is 16.5. The second-order valence-corrected chi connectivity index (χ2v) is 3.25. The summed E-state index contributed by atoms with van der Waals surface area (Å²) >= 11 is 0. The zero-order valence-corrected chi connectivity index (χ0v) is 11.2. The fourth-order valence-corrected chi connectivity index (χ4v) is 1.22. The first-order valence-corrected chi connectivity index (χ1v) is 5.73. The van der Waals surface area contributed by atoms with Crippen LogP contribution in [0.25, 0.3) is 0 Å². The normalized spacial score (nSPS) is 9.41. The van der Waals surface area contributed by atoms with E-state index in [1.165, 1.54) is 0 Å². The lowest BCUT2D eigenvalue weighted by Crippen LogP contribution is -1.93. The van der Waals surface area contributed by atoms with E-state index in [9.17, 15) is 0 Å². The maximum atomic E-state index is 5.51. The molecule has 1 heterocycles. The fraction of sp³-hybridized carbons (Fsp3) is 0.267. The Morgan fingerprint density at radius 1 is 1.24 bits per heavy atom. The van der Waals surface area contributed by atoms with Crippen molar-refractivity contribution in [2.75, 3.05) is 0 Å². The van der Waals surface area contributed by atoms with Gasteiger partial charge in [0.25, 0.3) is 0 Å². The average Bonchev–Trinajstić information content (AvgIpc) is 2.27. The molecule has 1 aromatic rings. The summed E-state index contributed by atoms with van der Waals surface area (Å²) in [6.07, 6.45) is 5.22. The topological polar surface area (TPSA) is 22.1 Å². The SMILES string of the molecule is C=C/C=C\C(=C)Oc1cc(C)nc(C)c1.CC. The maximum Gasteiger partial charge on any atom is 0.131 e. The van der Waals surface area contributed by atoms with Crippen LogP contribution in [0, 0.1) is 13.8 Å². The monoisotopic (exact) mass is 231 g/mol. The molecule has 0 N–H and O–H groups in total. The lowest BCUT2D eigenvalue weighted by atomic mass is 10.3. The van der Waals surface area contributed by atoms with E-state index in [1.807, 2.05) is 39.8 Å². The van der Waals surface area contributed by atoms with Crippen molar-refractivity contribution >= 4 is 0 Å². The van der Waals surface area contributed by atoms with Crippen molar-refractivity contribution in [1.82, 2.24) is 4.98 Å². The maximum absolute atomic E-state index is 5.51. The molecule has 0 spiro atoms. The summed E-state index contributed by atoms with van der Waals surface area (Å²) in [4.78, 5) is 4.26. The van der Waals surface area contributed by atoms with Gasteiger partial charge in [0.15, 0.2) is 0 Å². The molecule has 0 atom stereocenters. The molecule has 0 aliphatic heterocycles. The molecule has 0 fully saturated rings. The summed E-state index contributed by atoms with van der Waals surface area (Å²) in [6, 6.07) is 3.75. The van der Waals surface area contributed by atoms with Gasteiger partial charge in [-0.3, -0.25) is 4.98 Å². The lowest BCUT2D eigenvalue weighted by Gasteiger charge is -2.06. The Hall–Kier alpha value is -1.83. The number of rotatable bonds is 4. The average molecular weight is 231 g/mol. The van der Waals surface area contributed by atoms with Gasteiger partial charge in [-0.15, -0.1) is 0 Å². The smallest absolute Gasteiger partial charge is 0.131 e. The van der Waals surface area contributed by atoms with Gasteiger partial charge in [-0.05, 0) is 19.9 Å². The minimum atomic E-state index is 0.583. The van der Waals surface area contributed by atoms with Crippen LogP contribution in [-0.4, -0.2) is 4.98 Å². The number of hydrogen-bond donors (Lipinski definition) is 0. The number of aryl methyl sites for hydroxylation is 2. The zero-order valence-electron chi connectivity index (χ0n) is 11.2. The van der Waals surface area contributed by atoms with Gasteiger partial charge in [0.05, 0.1) is 0 Å². The van der Waals surface area contributed by atoms with Gasteiger partial charge in [-0.1, -0.05) is 39.2 Å². The molecular formula is C15H21NO. The van der Waals surface area contributed by atoms with Gasteiger partial charge < -0.3 is 4.74 Å². The van der Waals surface area contributed by atoms with E-state index < -0.39 is 0 Å². The Morgan fingerprint density at radius 3 is 2.24 bits per heavy atom. The van der Waals surface area contributed by atoms with E-state index in [1.54, 1.807) is 18.2 Å². The first kappa shape index (κ1) is 15.2. The predicted octanol–water partition coefficient (Wildman–Crippen LogP) is 4.36. The number of allylic oxidation sites excluding steroid dienone is 3. The van der Waals surface area contributed by atoms with E-state index in [4.69, 9.17) is 4.74 Å². The number of nitrogens with zero attached hydrogens (tertiary/aromatic N) is 1. The fourth-order valence-electron chi connectivity index (χ4n) is 1.22. The van der Waals surface area contributed by atoms with Crippen molar-refractivity contribution in [1.29, 1.82) is 0 Å². The summed E-state index contributed by atoms with van der Waals surface area (Å²) in [6.45, 7) is 15.2. The minimum absolute atomic E-state index is 0.583. The molecular weight excluding hydrogens is 210 g/mol. The molecule has 92 valence electrons. The van der Waals surface area contributed by atoms with Crippen molar-refractivity contribution in [3.63, 3.8) is 0 Å². The standard InChI is InChI=1S/C13H15NO.C2H6/c1-5-6-7-12(4)15-13-8-10(2)14-11(3)9-13;1-2/h5-9H,1,4H2,2-3H3;1-2H3/b7-6-;. The highest BCUT2D eigenvalue weighted by Crippen LogP contribution is 2.16. The largest absolute Gasteiger partial charge is 0.458 e. The van der Waals surface area contributed by atoms with E-state index in [2.05, 4.69) is 18.1 Å². The molecule has 0 aromatic carbocycles. The predicted molar refractivity (Wildman–Crippen MR) is 74.2 cm³/mol. The van der Waals surface area contributed by atoms with Crippen LogP contribution in [0.1, 0.15) is 25.2 Å². The van der Waals surface area contributed by atoms with E-state index in [0.29, 0.717) is 5.76 Å². The molecule has 17 heavy (non-hydrogen) atoms. The molecule has 0 unspecified atom stereocenters. The van der Waals surface area contributed by atoms with E-state index >= 15 is 0 Å². The summed E-state index contributed by atoms with van der Waals surface area (Å²) in [7, 11) is 0. The van der Waals surface area contributed by atoms with E-state index in [-0.39, 0.29) is 0 Å². The lowest BCUT2D eigenvalue weighted by molar-refractivity contribution is 0.445. The van der Waals surface area contributed by atoms with Crippen LogP contribution in [0.3, 0.4) is 0 Å². The van der Waals surface area contributed by atoms with Crippen LogP contribution in [0.4, 0.5) is 0 Å². The second kappa shape index (κ2) is 8.34. The molecule has 2 nitrogen and oxygen atoms in total. The molecule has 0 aliphatic rings. The summed E-state index contributed by atoms with van der Waals surface area (Å²) in [5.74, 6) is 1.35. The van der Waals surface area contributed by atoms with Crippen LogP contribution in [0.2, 0.25) is 0 Å². The van der Waals surface area contributed by atoms with Crippen LogP contribution >= 0.6 is 0 Å². The first-order valence-electron chi connectivity index (χ1n) is 5.73. The second-order valence-electron chi connectivity index (χ2n) is 3.25. The van der Waals surface area contributed by atoms with Crippen LogP contribution in [0.5, 0.6) is 5.75 Å². The van der Waals surface area contributed by atoms with Gasteiger partial charge in [-0.2, -0.15) is 0 Å². The first-order chi connectivity index (χ1) is 8.11. The molecule has 0 bridgehead atoms. The molecule has 0 radical (unpaired) electrons. The molecule has 0 amide bonds. The van der Waals surface area contributed by atoms with Crippen molar-refractivity contribution in [2.24, 2.45) is 0 Å². The Kier molecular flexibility index (Phi) is 7.44. The molecule has 0 saturated heterocycles. The van der Waals surface area contributed by atoms with E-state index in [0.717, 1.165) is 17.1 Å². The summed E-state index contributed by atoms with van der Waals surface area (Å²) in [5.41, 5.74) is 1.87. The van der Waals surface area contributed by atoms with Gasteiger partial charge >= 0.3 is 0 Å². The van der Waals surface area contributed by atoms with Crippen LogP contribution in [0.15, 0.2) is 49.3 Å². The van der Waals surface area contributed by atoms with Crippen molar-refractivity contribution in [2.45, 2.75) is 27.7 Å². The number of ether oxygens (including phenoxy) is 1. The quantitative estimate of drug-likeness (QED) is 0.567. The van der Waals surface area contributed by atoms with Crippen molar-refractivity contribution in [3.05, 3.63) is 60.7 Å². The third-order valence-corrected chi connectivity index (χ3v) is 1.72. The zero-order chi connectivity index (χ0) is 13.3. The van der Waals surface area contributed by atoms with Gasteiger partial charge in [0, 0.05) is 23.5 Å². The molecule has 0 saturated carbocycles. The Balaban J connectivity index is 0.00000121. The van der Waals surface area contributed by atoms with Gasteiger partial charge in [0.1, 0.15) is 11.5 Å². The summed E-state index contributed by atoms with van der Waals surface area (Å²) in [5, 5.41) is 0.